The van der Waals surface area contributed by atoms with Crippen LogP contribution in [0.4, 0.5) is 5.82 Å². The molecule has 22 heavy (non-hydrogen) atoms. The molecule has 1 fully saturated rings. The van der Waals surface area contributed by atoms with Crippen molar-refractivity contribution < 1.29 is 9.72 Å². The molecule has 1 aromatic rings. The molecule has 1 saturated heterocycles. The van der Waals surface area contributed by atoms with Crippen LogP contribution >= 0.6 is 12.4 Å². The average Bonchev–Trinajstić information content (AvgIpc) is 2.94. The summed E-state index contributed by atoms with van der Waals surface area (Å²) in [4.78, 5) is 24.4. The molecular weight excluding hydrogens is 310 g/mol. The fourth-order valence-electron chi connectivity index (χ4n) is 2.64. The quantitative estimate of drug-likeness (QED) is 0.624. The van der Waals surface area contributed by atoms with E-state index in [9.17, 15) is 14.9 Å². The third kappa shape index (κ3) is 4.67. The van der Waals surface area contributed by atoms with E-state index in [0.29, 0.717) is 6.54 Å². The first-order chi connectivity index (χ1) is 10.1. The maximum absolute atomic E-state index is 12.5. The Bertz CT molecular complexity index is 502. The van der Waals surface area contributed by atoms with Crippen molar-refractivity contribution in [3.63, 3.8) is 0 Å². The van der Waals surface area contributed by atoms with Gasteiger partial charge in [-0.15, -0.1) is 12.4 Å². The molecule has 2 rings (SSSR count). The zero-order chi connectivity index (χ0) is 15.2. The molecule has 0 aromatic carbocycles. The minimum Gasteiger partial charge on any atom is -0.358 e. The van der Waals surface area contributed by atoms with Crippen LogP contribution in [0.25, 0.3) is 0 Å². The number of aromatic nitrogens is 2. The van der Waals surface area contributed by atoms with Gasteiger partial charge in [-0.1, -0.05) is 6.92 Å². The topological polar surface area (TPSA) is 93.3 Å². The Morgan fingerprint density at radius 1 is 1.55 bits per heavy atom. The van der Waals surface area contributed by atoms with Crippen LogP contribution in [0.15, 0.2) is 12.3 Å². The lowest BCUT2D eigenvalue weighted by molar-refractivity contribution is -0.389. The fourth-order valence-corrected chi connectivity index (χ4v) is 2.64. The highest BCUT2D eigenvalue weighted by Gasteiger charge is 2.25. The Morgan fingerprint density at radius 2 is 2.23 bits per heavy atom. The van der Waals surface area contributed by atoms with Crippen LogP contribution in [-0.4, -0.2) is 51.2 Å². The lowest BCUT2D eigenvalue weighted by Crippen LogP contribution is -2.47. The third-order valence-corrected chi connectivity index (χ3v) is 3.65. The van der Waals surface area contributed by atoms with Gasteiger partial charge in [0.05, 0.1) is 17.4 Å². The maximum atomic E-state index is 12.5. The van der Waals surface area contributed by atoms with Crippen LogP contribution in [0.5, 0.6) is 0 Å². The molecule has 0 bridgehead atoms. The molecule has 1 aliphatic heterocycles. The van der Waals surface area contributed by atoms with E-state index in [1.165, 1.54) is 16.9 Å². The summed E-state index contributed by atoms with van der Waals surface area (Å²) in [6, 6.07) is 1.56. The van der Waals surface area contributed by atoms with Gasteiger partial charge in [-0.25, -0.2) is 0 Å². The number of hydrogen-bond donors (Lipinski definition) is 1. The number of nitro groups is 1. The number of rotatable bonds is 6. The van der Waals surface area contributed by atoms with Crippen molar-refractivity contribution in [1.82, 2.24) is 20.0 Å². The van der Waals surface area contributed by atoms with E-state index in [-0.39, 0.29) is 36.7 Å². The van der Waals surface area contributed by atoms with Crippen molar-refractivity contribution in [2.24, 2.45) is 0 Å². The molecule has 0 unspecified atom stereocenters. The van der Waals surface area contributed by atoms with Gasteiger partial charge in [0.15, 0.2) is 0 Å². The number of carbonyl (C=O) groups is 1. The molecule has 0 radical (unpaired) electrons. The van der Waals surface area contributed by atoms with Crippen LogP contribution in [0.1, 0.15) is 26.2 Å². The van der Waals surface area contributed by atoms with E-state index in [1.807, 2.05) is 11.8 Å². The second-order valence-electron chi connectivity index (χ2n) is 5.20. The number of nitrogens with one attached hydrogen (secondary N) is 1. The third-order valence-electron chi connectivity index (χ3n) is 3.65. The molecule has 0 spiro atoms. The monoisotopic (exact) mass is 331 g/mol. The normalized spacial score (nSPS) is 15.1. The van der Waals surface area contributed by atoms with Crippen molar-refractivity contribution in [2.75, 3.05) is 19.6 Å². The van der Waals surface area contributed by atoms with Gasteiger partial charge in [-0.2, -0.15) is 4.68 Å². The zero-order valence-electron chi connectivity index (χ0n) is 12.6. The van der Waals surface area contributed by atoms with Gasteiger partial charge >= 0.3 is 5.82 Å². The predicted molar refractivity (Wildman–Crippen MR) is 84.0 cm³/mol. The summed E-state index contributed by atoms with van der Waals surface area (Å²) >= 11 is 0. The highest BCUT2D eigenvalue weighted by Crippen LogP contribution is 2.14. The van der Waals surface area contributed by atoms with Crippen LogP contribution in [-0.2, 0) is 11.3 Å². The van der Waals surface area contributed by atoms with Crippen LogP contribution < -0.4 is 5.32 Å². The minimum atomic E-state index is -0.558. The summed E-state index contributed by atoms with van der Waals surface area (Å²) in [5, 5.41) is 17.7. The number of hydrogen-bond acceptors (Lipinski definition) is 5. The number of nitrogens with zero attached hydrogens (tertiary/aromatic N) is 4. The average molecular weight is 332 g/mol. The van der Waals surface area contributed by atoms with Crippen molar-refractivity contribution in [3.05, 3.63) is 22.4 Å². The number of piperidine rings is 1. The van der Waals surface area contributed by atoms with Gasteiger partial charge in [0.2, 0.25) is 5.91 Å². The van der Waals surface area contributed by atoms with Crippen molar-refractivity contribution in [1.29, 1.82) is 0 Å². The van der Waals surface area contributed by atoms with Gasteiger partial charge in [0.25, 0.3) is 0 Å². The van der Waals surface area contributed by atoms with Crippen LogP contribution in [0.3, 0.4) is 0 Å². The summed E-state index contributed by atoms with van der Waals surface area (Å²) in [5.74, 6) is -0.256. The molecule has 1 aliphatic rings. The first-order valence-electron chi connectivity index (χ1n) is 7.30. The molecule has 8 nitrogen and oxygen atoms in total. The lowest BCUT2D eigenvalue weighted by Gasteiger charge is -2.34. The highest BCUT2D eigenvalue weighted by atomic mass is 35.5. The van der Waals surface area contributed by atoms with E-state index >= 15 is 0 Å². The van der Waals surface area contributed by atoms with Crippen molar-refractivity contribution in [2.45, 2.75) is 38.8 Å². The Kier molecular flexibility index (Phi) is 7.26. The Hall–Kier alpha value is -1.67. The number of halogens is 1. The highest BCUT2D eigenvalue weighted by molar-refractivity contribution is 5.85. The summed E-state index contributed by atoms with van der Waals surface area (Å²) in [5.41, 5.74) is 0. The molecule has 124 valence electrons. The van der Waals surface area contributed by atoms with E-state index < -0.39 is 4.92 Å². The second kappa shape index (κ2) is 8.70. The fraction of sp³-hybridized carbons (Fsp3) is 0.692. The zero-order valence-corrected chi connectivity index (χ0v) is 13.4. The molecule has 2 heterocycles. The van der Waals surface area contributed by atoms with E-state index in [2.05, 4.69) is 10.4 Å². The molecule has 9 heteroatoms. The molecule has 0 aliphatic carbocycles. The van der Waals surface area contributed by atoms with Crippen LogP contribution in [0.2, 0.25) is 0 Å². The number of carbonyl (C=O) groups excluding carboxylic acids is 1. The van der Waals surface area contributed by atoms with Crippen molar-refractivity contribution >= 4 is 24.1 Å². The van der Waals surface area contributed by atoms with Gasteiger partial charge in [0, 0.05) is 12.6 Å². The van der Waals surface area contributed by atoms with Gasteiger partial charge in [-0.05, 0) is 37.3 Å². The Morgan fingerprint density at radius 3 is 2.77 bits per heavy atom. The van der Waals surface area contributed by atoms with Crippen LogP contribution in [0, 0.1) is 10.1 Å². The summed E-state index contributed by atoms with van der Waals surface area (Å²) in [6.07, 6.45) is 4.27. The molecule has 1 N–H and O–H groups in total. The molecule has 1 amide bonds. The molecular formula is C13H22ClN5O3. The maximum Gasteiger partial charge on any atom is 0.389 e. The summed E-state index contributed by atoms with van der Waals surface area (Å²) < 4.78 is 1.34. The first kappa shape index (κ1) is 18.4. The largest absolute Gasteiger partial charge is 0.389 e. The van der Waals surface area contributed by atoms with Gasteiger partial charge < -0.3 is 20.3 Å². The molecule has 0 saturated carbocycles. The van der Waals surface area contributed by atoms with Gasteiger partial charge in [0.1, 0.15) is 6.54 Å². The van der Waals surface area contributed by atoms with Gasteiger partial charge in [-0.3, -0.25) is 4.79 Å². The second-order valence-corrected chi connectivity index (χ2v) is 5.20. The lowest BCUT2D eigenvalue weighted by atomic mass is 10.0. The minimum absolute atomic E-state index is 0. The Balaban J connectivity index is 0.00000242. The first-order valence-corrected chi connectivity index (χ1v) is 7.30. The summed E-state index contributed by atoms with van der Waals surface area (Å²) in [7, 11) is 0. The predicted octanol–water partition coefficient (Wildman–Crippen LogP) is 1.20. The standard InChI is InChI=1S/C13H21N5O3.ClH/c1-2-8-17(11-3-6-14-7-4-11)13(19)10-16-9-5-12(15-16)18(20)21;/h5,9,11,14H,2-4,6-8,10H2,1H3;1H. The summed E-state index contributed by atoms with van der Waals surface area (Å²) in [6.45, 7) is 4.65. The van der Waals surface area contributed by atoms with E-state index in [0.717, 1.165) is 32.4 Å². The molecule has 1 aromatic heterocycles. The van der Waals surface area contributed by atoms with Crippen molar-refractivity contribution in [3.8, 4) is 0 Å². The Labute approximate surface area is 135 Å². The smallest absolute Gasteiger partial charge is 0.358 e. The molecule has 0 atom stereocenters. The van der Waals surface area contributed by atoms with E-state index in [4.69, 9.17) is 0 Å². The SMILES string of the molecule is CCCN(C(=O)Cn1ccc([N+](=O)[O-])n1)C1CCNCC1.Cl. The number of amides is 1. The van der Waals surface area contributed by atoms with E-state index in [1.54, 1.807) is 0 Å².